The molecule has 0 saturated heterocycles. The van der Waals surface area contributed by atoms with Crippen LogP contribution in [0.15, 0.2) is 187 Å². The minimum Gasteiger partial charge on any atom is -0.506 e. The van der Waals surface area contributed by atoms with Crippen molar-refractivity contribution in [1.82, 2.24) is 0 Å². The molecule has 60 heavy (non-hydrogen) atoms. The van der Waals surface area contributed by atoms with E-state index in [1.54, 1.807) is 36.0 Å². The Morgan fingerprint density at radius 2 is 0.800 bits per heavy atom. The molecule has 0 aromatic heterocycles. The summed E-state index contributed by atoms with van der Waals surface area (Å²) in [5, 5.41) is 27.8. The van der Waals surface area contributed by atoms with E-state index in [0.717, 1.165) is 74.8 Å². The monoisotopic (exact) mass is 820 g/mol. The normalized spacial score (nSPS) is 12.3. The smallest absolute Gasteiger partial charge is 0.138 e. The lowest BCUT2D eigenvalue weighted by Crippen LogP contribution is -2.11. The lowest BCUT2D eigenvalue weighted by molar-refractivity contribution is 0.459. The van der Waals surface area contributed by atoms with Crippen LogP contribution < -0.4 is 0 Å². The number of fused-ring (bicyclic) bond motifs is 2. The molecular formula is C54H48N2O2S2. The summed E-state index contributed by atoms with van der Waals surface area (Å²) in [7, 11) is 0. The highest BCUT2D eigenvalue weighted by Crippen LogP contribution is 2.47. The Labute approximate surface area is 361 Å². The Balaban J connectivity index is 1.30. The SMILES string of the molecule is CC(C)(C)c1cc(C=Nc2ccc3ccccc3c2-c2c(N=Cc3cc(C(C)(C)C)cc(Sc4ccccc4)c3O)ccc3ccccc23)c(O)c(Sc2ccccc2)c1. The second-order valence-electron chi connectivity index (χ2n) is 17.0. The van der Waals surface area contributed by atoms with Crippen LogP contribution >= 0.6 is 23.5 Å². The van der Waals surface area contributed by atoms with Crippen LogP contribution in [-0.2, 0) is 10.8 Å². The van der Waals surface area contributed by atoms with Gasteiger partial charge in [0.1, 0.15) is 11.5 Å². The molecule has 0 radical (unpaired) electrons. The molecule has 0 unspecified atom stereocenters. The zero-order chi connectivity index (χ0) is 42.0. The van der Waals surface area contributed by atoms with Crippen molar-refractivity contribution in [3.63, 3.8) is 0 Å². The number of rotatable bonds is 9. The van der Waals surface area contributed by atoms with E-state index in [0.29, 0.717) is 11.1 Å². The molecule has 0 bridgehead atoms. The fourth-order valence-corrected chi connectivity index (χ4v) is 9.14. The van der Waals surface area contributed by atoms with Gasteiger partial charge in [0.2, 0.25) is 0 Å². The molecule has 0 aliphatic rings. The van der Waals surface area contributed by atoms with Crippen LogP contribution in [0.25, 0.3) is 32.7 Å². The molecule has 0 atom stereocenters. The number of benzene rings is 8. The minimum atomic E-state index is -0.159. The van der Waals surface area contributed by atoms with Gasteiger partial charge in [-0.15, -0.1) is 0 Å². The van der Waals surface area contributed by atoms with Gasteiger partial charge in [-0.2, -0.15) is 0 Å². The van der Waals surface area contributed by atoms with Crippen molar-refractivity contribution in [3.8, 4) is 22.6 Å². The van der Waals surface area contributed by atoms with E-state index in [1.807, 2.05) is 48.5 Å². The lowest BCUT2D eigenvalue weighted by atomic mass is 9.86. The first kappa shape index (κ1) is 40.7. The summed E-state index contributed by atoms with van der Waals surface area (Å²) in [6.45, 7) is 13.1. The summed E-state index contributed by atoms with van der Waals surface area (Å²) in [6.07, 6.45) is 3.59. The Kier molecular flexibility index (Phi) is 11.4. The van der Waals surface area contributed by atoms with E-state index in [1.165, 1.54) is 0 Å². The Morgan fingerprint density at radius 1 is 0.433 bits per heavy atom. The quantitative estimate of drug-likeness (QED) is 0.142. The van der Waals surface area contributed by atoms with Gasteiger partial charge in [-0.05, 0) is 104 Å². The minimum absolute atomic E-state index is 0.159. The number of hydrogen-bond donors (Lipinski definition) is 2. The molecule has 4 nitrogen and oxygen atoms in total. The third-order valence-electron chi connectivity index (χ3n) is 10.6. The average Bonchev–Trinajstić information content (AvgIpc) is 3.24. The van der Waals surface area contributed by atoms with Crippen LogP contribution in [0.2, 0.25) is 0 Å². The van der Waals surface area contributed by atoms with Gasteiger partial charge in [0.15, 0.2) is 0 Å². The van der Waals surface area contributed by atoms with Gasteiger partial charge in [0.25, 0.3) is 0 Å². The predicted molar refractivity (Wildman–Crippen MR) is 256 cm³/mol. The summed E-state index contributed by atoms with van der Waals surface area (Å²) in [5.41, 5.74) is 6.56. The largest absolute Gasteiger partial charge is 0.506 e. The number of nitrogens with zero attached hydrogens (tertiary/aromatic N) is 2. The molecule has 0 aliphatic carbocycles. The van der Waals surface area contributed by atoms with Gasteiger partial charge in [0, 0.05) is 44.5 Å². The molecule has 0 amide bonds. The van der Waals surface area contributed by atoms with E-state index >= 15 is 0 Å². The molecule has 2 N–H and O–H groups in total. The summed E-state index contributed by atoms with van der Waals surface area (Å²) in [5.74, 6) is 0.390. The Morgan fingerprint density at radius 3 is 1.18 bits per heavy atom. The first-order valence-corrected chi connectivity index (χ1v) is 21.8. The van der Waals surface area contributed by atoms with Crippen molar-refractivity contribution in [3.05, 3.63) is 180 Å². The number of phenols is 2. The summed E-state index contributed by atoms with van der Waals surface area (Å²) in [4.78, 5) is 14.1. The fraction of sp³-hybridized carbons (Fsp3) is 0.148. The lowest BCUT2D eigenvalue weighted by Gasteiger charge is -2.22. The van der Waals surface area contributed by atoms with Crippen molar-refractivity contribution < 1.29 is 10.2 Å². The van der Waals surface area contributed by atoms with Gasteiger partial charge >= 0.3 is 0 Å². The van der Waals surface area contributed by atoms with Crippen LogP contribution in [-0.4, -0.2) is 22.6 Å². The molecule has 0 aliphatic heterocycles. The van der Waals surface area contributed by atoms with Crippen LogP contribution in [0.1, 0.15) is 63.8 Å². The second-order valence-corrected chi connectivity index (χ2v) is 19.3. The predicted octanol–water partition coefficient (Wildman–Crippen LogP) is 15.5. The molecule has 0 heterocycles. The molecule has 0 spiro atoms. The van der Waals surface area contributed by atoms with Crippen molar-refractivity contribution in [1.29, 1.82) is 0 Å². The number of phenolic OH excluding ortho intramolecular Hbond substituents is 2. The second kappa shape index (κ2) is 16.9. The summed E-state index contributed by atoms with van der Waals surface area (Å²) >= 11 is 3.09. The van der Waals surface area contributed by atoms with E-state index < -0.39 is 0 Å². The summed E-state index contributed by atoms with van der Waals surface area (Å²) in [6, 6.07) is 53.6. The molecule has 0 saturated carbocycles. The van der Waals surface area contributed by atoms with E-state index in [4.69, 9.17) is 9.98 Å². The highest BCUT2D eigenvalue weighted by molar-refractivity contribution is 7.99. The zero-order valence-electron chi connectivity index (χ0n) is 34.8. The molecule has 8 rings (SSSR count). The molecule has 8 aromatic rings. The van der Waals surface area contributed by atoms with Crippen molar-refractivity contribution in [2.24, 2.45) is 9.98 Å². The first-order chi connectivity index (χ1) is 28.8. The number of aliphatic imine (C=N–C) groups is 2. The maximum atomic E-state index is 11.8. The van der Waals surface area contributed by atoms with Crippen LogP contribution in [0, 0.1) is 0 Å². The molecular weight excluding hydrogens is 773 g/mol. The Hall–Kier alpha value is -6.08. The molecule has 298 valence electrons. The summed E-state index contributed by atoms with van der Waals surface area (Å²) < 4.78 is 0. The maximum absolute atomic E-state index is 11.8. The van der Waals surface area contributed by atoms with Crippen LogP contribution in [0.5, 0.6) is 11.5 Å². The average molecular weight is 821 g/mol. The van der Waals surface area contributed by atoms with Gasteiger partial charge in [-0.3, -0.25) is 9.98 Å². The number of aromatic hydroxyl groups is 2. The fourth-order valence-electron chi connectivity index (χ4n) is 7.25. The highest BCUT2D eigenvalue weighted by Gasteiger charge is 2.22. The third kappa shape index (κ3) is 8.77. The van der Waals surface area contributed by atoms with Crippen molar-refractivity contribution >= 4 is 68.9 Å². The number of hydrogen-bond acceptors (Lipinski definition) is 6. The first-order valence-electron chi connectivity index (χ1n) is 20.2. The van der Waals surface area contributed by atoms with Gasteiger partial charge in [-0.1, -0.05) is 162 Å². The van der Waals surface area contributed by atoms with E-state index in [-0.39, 0.29) is 22.3 Å². The zero-order valence-corrected chi connectivity index (χ0v) is 36.4. The standard InChI is InChI=1S/C54H48N2O2S2/c1-53(2,3)39-29-37(51(57)47(31-39)59-41-19-9-7-10-20-41)33-55-45-27-25-35-17-13-15-23-43(35)49(45)50-44-24-16-14-18-36(44)26-28-46(50)56-34-38-30-40(54(4,5)6)32-48(52(38)58)60-42-21-11-8-12-22-42/h7-34,57-58H,1-6H3. The third-order valence-corrected chi connectivity index (χ3v) is 12.7. The maximum Gasteiger partial charge on any atom is 0.138 e. The van der Waals surface area contributed by atoms with E-state index in [2.05, 4.69) is 151 Å². The molecule has 0 fully saturated rings. The van der Waals surface area contributed by atoms with E-state index in [9.17, 15) is 10.2 Å². The van der Waals surface area contributed by atoms with Gasteiger partial charge in [0.05, 0.1) is 21.2 Å². The van der Waals surface area contributed by atoms with Gasteiger partial charge in [-0.25, -0.2) is 0 Å². The Bertz CT molecular complexity index is 2710. The molecule has 6 heteroatoms. The molecule has 8 aromatic carbocycles. The van der Waals surface area contributed by atoms with Crippen molar-refractivity contribution in [2.45, 2.75) is 72.0 Å². The van der Waals surface area contributed by atoms with Crippen LogP contribution in [0.3, 0.4) is 0 Å². The van der Waals surface area contributed by atoms with Crippen molar-refractivity contribution in [2.75, 3.05) is 0 Å². The van der Waals surface area contributed by atoms with Crippen LogP contribution in [0.4, 0.5) is 11.4 Å². The highest BCUT2D eigenvalue weighted by atomic mass is 32.2. The van der Waals surface area contributed by atoms with Gasteiger partial charge < -0.3 is 10.2 Å². The topological polar surface area (TPSA) is 65.2 Å².